The first-order valence-electron chi connectivity index (χ1n) is 6.16. The van der Waals surface area contributed by atoms with Crippen molar-refractivity contribution in [3.8, 4) is 0 Å². The highest BCUT2D eigenvalue weighted by Crippen LogP contribution is 2.36. The van der Waals surface area contributed by atoms with Gasteiger partial charge in [-0.1, -0.05) is 37.8 Å². The third-order valence-corrected chi connectivity index (χ3v) is 4.24. The maximum atomic E-state index is 2.42. The Morgan fingerprint density at radius 2 is 1.50 bits per heavy atom. The van der Waals surface area contributed by atoms with Crippen LogP contribution in [0.3, 0.4) is 0 Å². The highest BCUT2D eigenvalue weighted by Gasteiger charge is 2.24. The van der Waals surface area contributed by atoms with E-state index in [2.05, 4.69) is 34.6 Å². The minimum absolute atomic E-state index is 0.812. The van der Waals surface area contributed by atoms with E-state index in [1.165, 1.54) is 31.3 Å². The van der Waals surface area contributed by atoms with Gasteiger partial charge in [-0.05, 0) is 51.4 Å². The normalized spacial score (nSPS) is 29.8. The Bertz CT molecular complexity index is 200. The molecule has 0 saturated heterocycles. The summed E-state index contributed by atoms with van der Waals surface area (Å²) >= 11 is 0. The van der Waals surface area contributed by atoms with E-state index in [1.807, 2.05) is 0 Å². The molecular formula is C14H26. The van der Waals surface area contributed by atoms with Crippen molar-refractivity contribution < 1.29 is 0 Å². The van der Waals surface area contributed by atoms with E-state index in [4.69, 9.17) is 0 Å². The zero-order valence-corrected chi connectivity index (χ0v) is 10.6. The van der Waals surface area contributed by atoms with Crippen molar-refractivity contribution >= 4 is 0 Å². The largest absolute Gasteiger partial charge is 0.0772 e. The summed E-state index contributed by atoms with van der Waals surface area (Å²) in [7, 11) is 0. The molecular weight excluding hydrogens is 168 g/mol. The average molecular weight is 194 g/mol. The SMILES string of the molecule is CC(C)=C(C)C(C)C1CCC(C)CC1. The van der Waals surface area contributed by atoms with Crippen LogP contribution < -0.4 is 0 Å². The standard InChI is InChI=1S/C14H26/c1-10(2)12(4)13(5)14-8-6-11(3)7-9-14/h11,13-14H,6-9H2,1-5H3. The van der Waals surface area contributed by atoms with Gasteiger partial charge in [-0.15, -0.1) is 0 Å². The summed E-state index contributed by atoms with van der Waals surface area (Å²) in [6, 6.07) is 0. The van der Waals surface area contributed by atoms with Gasteiger partial charge in [-0.3, -0.25) is 0 Å². The van der Waals surface area contributed by atoms with Crippen LogP contribution in [0.25, 0.3) is 0 Å². The first kappa shape index (κ1) is 11.8. The van der Waals surface area contributed by atoms with Crippen molar-refractivity contribution in [3.05, 3.63) is 11.1 Å². The third kappa shape index (κ3) is 2.87. The van der Waals surface area contributed by atoms with E-state index >= 15 is 0 Å². The Kier molecular flexibility index (Phi) is 4.22. The molecule has 1 atom stereocenters. The van der Waals surface area contributed by atoms with E-state index in [0.717, 1.165) is 17.8 Å². The lowest BCUT2D eigenvalue weighted by Gasteiger charge is -2.31. The summed E-state index contributed by atoms with van der Waals surface area (Å²) in [4.78, 5) is 0. The van der Waals surface area contributed by atoms with Crippen molar-refractivity contribution in [2.45, 2.75) is 60.3 Å². The molecule has 1 unspecified atom stereocenters. The van der Waals surface area contributed by atoms with Crippen molar-refractivity contribution in [2.75, 3.05) is 0 Å². The number of hydrogen-bond acceptors (Lipinski definition) is 0. The van der Waals surface area contributed by atoms with Gasteiger partial charge in [0.1, 0.15) is 0 Å². The average Bonchev–Trinajstić information content (AvgIpc) is 2.16. The fraction of sp³-hybridized carbons (Fsp3) is 0.857. The van der Waals surface area contributed by atoms with E-state index in [0.29, 0.717) is 0 Å². The zero-order valence-electron chi connectivity index (χ0n) is 10.6. The molecule has 1 aliphatic rings. The molecule has 0 bridgehead atoms. The molecule has 14 heavy (non-hydrogen) atoms. The van der Waals surface area contributed by atoms with Crippen LogP contribution in [-0.4, -0.2) is 0 Å². The molecule has 0 nitrogen and oxygen atoms in total. The monoisotopic (exact) mass is 194 g/mol. The predicted molar refractivity (Wildman–Crippen MR) is 64.3 cm³/mol. The van der Waals surface area contributed by atoms with Gasteiger partial charge in [-0.25, -0.2) is 0 Å². The van der Waals surface area contributed by atoms with Crippen LogP contribution in [0.15, 0.2) is 11.1 Å². The van der Waals surface area contributed by atoms with E-state index in [1.54, 1.807) is 5.57 Å². The summed E-state index contributed by atoms with van der Waals surface area (Å²) in [5.41, 5.74) is 3.15. The molecule has 0 heteroatoms. The fourth-order valence-corrected chi connectivity index (χ4v) is 2.59. The quantitative estimate of drug-likeness (QED) is 0.554. The van der Waals surface area contributed by atoms with Crippen molar-refractivity contribution in [1.82, 2.24) is 0 Å². The van der Waals surface area contributed by atoms with Gasteiger partial charge in [-0.2, -0.15) is 0 Å². The Morgan fingerprint density at radius 1 is 1.00 bits per heavy atom. The summed E-state index contributed by atoms with van der Waals surface area (Å²) in [5, 5.41) is 0. The summed E-state index contributed by atoms with van der Waals surface area (Å²) in [6.45, 7) is 11.6. The Hall–Kier alpha value is -0.260. The van der Waals surface area contributed by atoms with Crippen molar-refractivity contribution in [1.29, 1.82) is 0 Å². The summed E-state index contributed by atoms with van der Waals surface area (Å²) in [5.74, 6) is 2.75. The highest BCUT2D eigenvalue weighted by molar-refractivity contribution is 5.11. The van der Waals surface area contributed by atoms with Crippen LogP contribution in [0.1, 0.15) is 60.3 Å². The van der Waals surface area contributed by atoms with Gasteiger partial charge in [0.15, 0.2) is 0 Å². The summed E-state index contributed by atoms with van der Waals surface area (Å²) in [6.07, 6.45) is 5.80. The van der Waals surface area contributed by atoms with Crippen LogP contribution in [0.4, 0.5) is 0 Å². The first-order chi connectivity index (χ1) is 6.52. The van der Waals surface area contributed by atoms with E-state index < -0.39 is 0 Å². The minimum Gasteiger partial charge on any atom is -0.0772 e. The highest BCUT2D eigenvalue weighted by atomic mass is 14.3. The van der Waals surface area contributed by atoms with Crippen LogP contribution in [-0.2, 0) is 0 Å². The van der Waals surface area contributed by atoms with Crippen LogP contribution >= 0.6 is 0 Å². The Labute approximate surface area is 89.8 Å². The second-order valence-corrected chi connectivity index (χ2v) is 5.49. The molecule has 1 rings (SSSR count). The molecule has 1 fully saturated rings. The van der Waals surface area contributed by atoms with Gasteiger partial charge >= 0.3 is 0 Å². The third-order valence-electron chi connectivity index (χ3n) is 4.24. The maximum absolute atomic E-state index is 2.42. The fourth-order valence-electron chi connectivity index (χ4n) is 2.59. The predicted octanol–water partition coefficient (Wildman–Crippen LogP) is 4.81. The second-order valence-electron chi connectivity index (χ2n) is 5.49. The van der Waals surface area contributed by atoms with Crippen molar-refractivity contribution in [3.63, 3.8) is 0 Å². The molecule has 82 valence electrons. The molecule has 0 amide bonds. The lowest BCUT2D eigenvalue weighted by atomic mass is 9.74. The maximum Gasteiger partial charge on any atom is -0.0204 e. The molecule has 1 saturated carbocycles. The van der Waals surface area contributed by atoms with Gasteiger partial charge < -0.3 is 0 Å². The molecule has 1 aliphatic carbocycles. The summed E-state index contributed by atoms with van der Waals surface area (Å²) < 4.78 is 0. The Morgan fingerprint density at radius 3 is 1.93 bits per heavy atom. The second kappa shape index (κ2) is 5.00. The lowest BCUT2D eigenvalue weighted by molar-refractivity contribution is 0.242. The van der Waals surface area contributed by atoms with Crippen LogP contribution in [0.5, 0.6) is 0 Å². The molecule has 0 heterocycles. The van der Waals surface area contributed by atoms with Gasteiger partial charge in [0.05, 0.1) is 0 Å². The van der Waals surface area contributed by atoms with Gasteiger partial charge in [0, 0.05) is 0 Å². The zero-order chi connectivity index (χ0) is 10.7. The number of rotatable bonds is 2. The molecule has 0 radical (unpaired) electrons. The molecule has 0 spiro atoms. The molecule has 0 aliphatic heterocycles. The van der Waals surface area contributed by atoms with E-state index in [9.17, 15) is 0 Å². The van der Waals surface area contributed by atoms with Gasteiger partial charge in [0.25, 0.3) is 0 Å². The van der Waals surface area contributed by atoms with Crippen LogP contribution in [0.2, 0.25) is 0 Å². The molecule has 0 aromatic heterocycles. The lowest BCUT2D eigenvalue weighted by Crippen LogP contribution is -2.20. The number of allylic oxidation sites excluding steroid dienone is 2. The van der Waals surface area contributed by atoms with Crippen LogP contribution in [0, 0.1) is 17.8 Å². The molecule has 0 aromatic rings. The number of hydrogen-bond donors (Lipinski definition) is 0. The molecule has 0 N–H and O–H groups in total. The first-order valence-corrected chi connectivity index (χ1v) is 6.16. The van der Waals surface area contributed by atoms with Crippen molar-refractivity contribution in [2.24, 2.45) is 17.8 Å². The minimum atomic E-state index is 0.812. The van der Waals surface area contributed by atoms with E-state index in [-0.39, 0.29) is 0 Å². The Balaban J connectivity index is 2.54. The molecule has 0 aromatic carbocycles. The van der Waals surface area contributed by atoms with Gasteiger partial charge in [0.2, 0.25) is 0 Å². The smallest absolute Gasteiger partial charge is 0.0204 e. The topological polar surface area (TPSA) is 0 Å².